The summed E-state index contributed by atoms with van der Waals surface area (Å²) in [5.74, 6) is 0.866. The summed E-state index contributed by atoms with van der Waals surface area (Å²) >= 11 is 5.82. The van der Waals surface area contributed by atoms with E-state index in [4.69, 9.17) is 21.1 Å². The Balaban J connectivity index is 2.36. The van der Waals surface area contributed by atoms with E-state index in [1.807, 2.05) is 62.7 Å². The molecule has 0 spiro atoms. The van der Waals surface area contributed by atoms with Crippen molar-refractivity contribution in [2.45, 2.75) is 46.1 Å². The van der Waals surface area contributed by atoms with Crippen molar-refractivity contribution >= 4 is 23.6 Å². The van der Waals surface area contributed by atoms with Crippen molar-refractivity contribution in [3.63, 3.8) is 0 Å². The van der Waals surface area contributed by atoms with Gasteiger partial charge in [-0.1, -0.05) is 6.07 Å². The molecule has 1 aromatic heterocycles. The number of ether oxygens (including phenoxy) is 2. The number of esters is 1. The van der Waals surface area contributed by atoms with Crippen LogP contribution in [0.1, 0.15) is 44.9 Å². The lowest BCUT2D eigenvalue weighted by molar-refractivity contribution is -0.149. The molecule has 0 saturated heterocycles. The van der Waals surface area contributed by atoms with Crippen molar-refractivity contribution in [3.05, 3.63) is 47.6 Å². The summed E-state index contributed by atoms with van der Waals surface area (Å²) in [6.07, 6.45) is 6.78. The number of carbonyl (C=O) groups excluding carboxylic acids is 1. The average molecular weight is 391 g/mol. The number of nitrogens with zero attached hydrogens (tertiary/aromatic N) is 2. The molecule has 0 atom stereocenters. The molecule has 6 heteroatoms. The van der Waals surface area contributed by atoms with E-state index in [1.165, 1.54) is 0 Å². The summed E-state index contributed by atoms with van der Waals surface area (Å²) < 4.78 is 13.0. The van der Waals surface area contributed by atoms with Crippen molar-refractivity contribution in [3.8, 4) is 11.4 Å². The Labute approximate surface area is 166 Å². The molecule has 146 valence electrons. The Morgan fingerprint density at radius 1 is 1.33 bits per heavy atom. The van der Waals surface area contributed by atoms with E-state index >= 15 is 0 Å². The fourth-order valence-electron chi connectivity index (χ4n) is 2.59. The number of aryl methyl sites for hydroxylation is 1. The first kappa shape index (κ1) is 21.0. The summed E-state index contributed by atoms with van der Waals surface area (Å²) in [6.45, 7) is 7.50. The van der Waals surface area contributed by atoms with Crippen molar-refractivity contribution < 1.29 is 14.3 Å². The first-order valence-electron chi connectivity index (χ1n) is 8.92. The Bertz CT molecular complexity index is 819. The SMILES string of the molecule is COc1cc(/C=C(/CCCCl)C(=O)OC(C)(C)C)ccc1-n1cnc(C)c1. The normalized spacial score (nSPS) is 12.1. The zero-order chi connectivity index (χ0) is 20.0. The maximum Gasteiger partial charge on any atom is 0.334 e. The van der Waals surface area contributed by atoms with Gasteiger partial charge in [0.2, 0.25) is 0 Å². The summed E-state index contributed by atoms with van der Waals surface area (Å²) in [4.78, 5) is 16.8. The van der Waals surface area contributed by atoms with Gasteiger partial charge in [-0.2, -0.15) is 0 Å². The number of hydrogen-bond acceptors (Lipinski definition) is 4. The van der Waals surface area contributed by atoms with Crippen LogP contribution >= 0.6 is 11.6 Å². The highest BCUT2D eigenvalue weighted by molar-refractivity contribution is 6.17. The second-order valence-corrected chi connectivity index (χ2v) is 7.70. The number of rotatable bonds is 7. The molecule has 0 unspecified atom stereocenters. The van der Waals surface area contributed by atoms with Gasteiger partial charge in [-0.25, -0.2) is 9.78 Å². The number of hydrogen-bond donors (Lipinski definition) is 0. The van der Waals surface area contributed by atoms with E-state index in [-0.39, 0.29) is 5.97 Å². The minimum absolute atomic E-state index is 0.319. The van der Waals surface area contributed by atoms with E-state index in [9.17, 15) is 4.79 Å². The molecule has 0 saturated carbocycles. The van der Waals surface area contributed by atoms with Crippen LogP contribution in [-0.4, -0.2) is 34.1 Å². The van der Waals surface area contributed by atoms with E-state index in [1.54, 1.807) is 13.4 Å². The molecule has 0 aliphatic carbocycles. The first-order chi connectivity index (χ1) is 12.7. The predicted octanol–water partition coefficient (Wildman–Crippen LogP) is 4.93. The fourth-order valence-corrected chi connectivity index (χ4v) is 2.72. The van der Waals surface area contributed by atoms with Gasteiger partial charge in [0.05, 0.1) is 24.8 Å². The van der Waals surface area contributed by atoms with Gasteiger partial charge in [0.25, 0.3) is 0 Å². The topological polar surface area (TPSA) is 53.4 Å². The standard InChI is InChI=1S/C21H27ClN2O3/c1-15-13-24(14-23-15)18-9-8-16(12-19(18)26-5)11-17(7-6-10-22)20(25)27-21(2,3)4/h8-9,11-14H,6-7,10H2,1-5H3/b17-11-. The lowest BCUT2D eigenvalue weighted by atomic mass is 10.1. The molecule has 0 N–H and O–H groups in total. The quantitative estimate of drug-likeness (QED) is 0.382. The monoisotopic (exact) mass is 390 g/mol. The molecule has 1 aromatic carbocycles. The summed E-state index contributed by atoms with van der Waals surface area (Å²) in [6, 6.07) is 5.79. The Hall–Kier alpha value is -2.27. The molecular weight excluding hydrogens is 364 g/mol. The first-order valence-corrected chi connectivity index (χ1v) is 9.46. The number of imidazole rings is 1. The van der Waals surface area contributed by atoms with Crippen LogP contribution in [0, 0.1) is 6.92 Å². The zero-order valence-corrected chi connectivity index (χ0v) is 17.3. The minimum Gasteiger partial charge on any atom is -0.495 e. The van der Waals surface area contributed by atoms with Gasteiger partial charge in [0.15, 0.2) is 0 Å². The second-order valence-electron chi connectivity index (χ2n) is 7.32. The average Bonchev–Trinajstić information content (AvgIpc) is 3.03. The van der Waals surface area contributed by atoms with E-state index in [2.05, 4.69) is 4.98 Å². The Morgan fingerprint density at radius 2 is 2.07 bits per heavy atom. The van der Waals surface area contributed by atoms with Crippen LogP contribution in [-0.2, 0) is 9.53 Å². The van der Waals surface area contributed by atoms with Crippen LogP contribution in [0.25, 0.3) is 11.8 Å². The van der Waals surface area contributed by atoms with Gasteiger partial charge in [0, 0.05) is 17.6 Å². The van der Waals surface area contributed by atoms with E-state index < -0.39 is 5.60 Å². The third kappa shape index (κ3) is 6.14. The lowest BCUT2D eigenvalue weighted by Crippen LogP contribution is -2.25. The number of halogens is 1. The maximum atomic E-state index is 12.5. The van der Waals surface area contributed by atoms with Crippen LogP contribution < -0.4 is 4.74 Å². The molecule has 1 heterocycles. The summed E-state index contributed by atoms with van der Waals surface area (Å²) in [7, 11) is 1.62. The van der Waals surface area contributed by atoms with Crippen LogP contribution in [0.2, 0.25) is 0 Å². The molecule has 2 aromatic rings. The maximum absolute atomic E-state index is 12.5. The predicted molar refractivity (Wildman–Crippen MR) is 109 cm³/mol. The molecule has 2 rings (SSSR count). The molecule has 5 nitrogen and oxygen atoms in total. The lowest BCUT2D eigenvalue weighted by Gasteiger charge is -2.20. The molecule has 0 aliphatic rings. The van der Waals surface area contributed by atoms with Gasteiger partial charge in [0.1, 0.15) is 11.4 Å². The smallest absolute Gasteiger partial charge is 0.334 e. The zero-order valence-electron chi connectivity index (χ0n) is 16.6. The number of aromatic nitrogens is 2. The van der Waals surface area contributed by atoms with Gasteiger partial charge in [-0.05, 0) is 64.3 Å². The highest BCUT2D eigenvalue weighted by Gasteiger charge is 2.20. The molecule has 0 amide bonds. The van der Waals surface area contributed by atoms with Crippen LogP contribution in [0.15, 0.2) is 36.3 Å². The van der Waals surface area contributed by atoms with Crippen molar-refractivity contribution in [2.75, 3.05) is 13.0 Å². The Kier molecular flexibility index (Phi) is 7.08. The summed E-state index contributed by atoms with van der Waals surface area (Å²) in [5.41, 5.74) is 2.73. The van der Waals surface area contributed by atoms with Gasteiger partial charge in [-0.15, -0.1) is 11.6 Å². The third-order valence-corrected chi connectivity index (χ3v) is 4.04. The fraction of sp³-hybridized carbons (Fsp3) is 0.429. The largest absolute Gasteiger partial charge is 0.495 e. The molecule has 27 heavy (non-hydrogen) atoms. The van der Waals surface area contributed by atoms with Crippen molar-refractivity contribution in [2.24, 2.45) is 0 Å². The van der Waals surface area contributed by atoms with Gasteiger partial charge in [-0.3, -0.25) is 0 Å². The number of benzene rings is 1. The molecule has 0 aliphatic heterocycles. The number of alkyl halides is 1. The van der Waals surface area contributed by atoms with Gasteiger partial charge < -0.3 is 14.0 Å². The van der Waals surface area contributed by atoms with Crippen LogP contribution in [0.5, 0.6) is 5.75 Å². The Morgan fingerprint density at radius 3 is 2.63 bits per heavy atom. The summed E-state index contributed by atoms with van der Waals surface area (Å²) in [5, 5.41) is 0. The van der Waals surface area contributed by atoms with E-state index in [0.717, 1.165) is 16.9 Å². The molecular formula is C21H27ClN2O3. The molecule has 0 bridgehead atoms. The highest BCUT2D eigenvalue weighted by atomic mass is 35.5. The molecule has 0 fully saturated rings. The number of methoxy groups -OCH3 is 1. The second kappa shape index (κ2) is 9.09. The van der Waals surface area contributed by atoms with Crippen LogP contribution in [0.3, 0.4) is 0 Å². The minimum atomic E-state index is -0.544. The van der Waals surface area contributed by atoms with Gasteiger partial charge >= 0.3 is 5.97 Å². The van der Waals surface area contributed by atoms with Crippen molar-refractivity contribution in [1.82, 2.24) is 9.55 Å². The molecule has 0 radical (unpaired) electrons. The van der Waals surface area contributed by atoms with Crippen molar-refractivity contribution in [1.29, 1.82) is 0 Å². The number of carbonyl (C=O) groups is 1. The van der Waals surface area contributed by atoms with E-state index in [0.29, 0.717) is 30.0 Å². The van der Waals surface area contributed by atoms with Crippen LogP contribution in [0.4, 0.5) is 0 Å². The highest BCUT2D eigenvalue weighted by Crippen LogP contribution is 2.26. The third-order valence-electron chi connectivity index (χ3n) is 3.78.